The van der Waals surface area contributed by atoms with Crippen LogP contribution in [0.25, 0.3) is 10.1 Å². The van der Waals surface area contributed by atoms with Gasteiger partial charge in [-0.15, -0.1) is 11.3 Å². The van der Waals surface area contributed by atoms with Gasteiger partial charge in [0.2, 0.25) is 5.91 Å². The predicted molar refractivity (Wildman–Crippen MR) is 90.4 cm³/mol. The number of carbonyl (C=O) groups is 2. The first kappa shape index (κ1) is 15.2. The molecule has 23 heavy (non-hydrogen) atoms. The van der Waals surface area contributed by atoms with Crippen LogP contribution in [0, 0.1) is 0 Å². The maximum absolute atomic E-state index is 12.9. The Labute approximate surface area is 136 Å². The predicted octanol–water partition coefficient (Wildman–Crippen LogP) is 3.49. The first-order valence-corrected chi connectivity index (χ1v) is 7.74. The second-order valence-electron chi connectivity index (χ2n) is 4.92. The number of benzene rings is 1. The zero-order valence-electron chi connectivity index (χ0n) is 12.6. The van der Waals surface area contributed by atoms with Crippen LogP contribution in [0.4, 0.5) is 5.00 Å². The van der Waals surface area contributed by atoms with Gasteiger partial charge in [0.1, 0.15) is 10.8 Å². The first-order chi connectivity index (χ1) is 11.1. The number of hydrogen-bond donors (Lipinski definition) is 1. The molecule has 0 unspecified atom stereocenters. The standard InChI is InChI=1S/C17H14N2O3S/c1-10(20)19-17-15(13-7-8-18-9-14(13)23-17)16(21)11-3-5-12(22-2)6-4-11/h3-9H,1-2H3,(H,19,20). The van der Waals surface area contributed by atoms with Gasteiger partial charge >= 0.3 is 0 Å². The summed E-state index contributed by atoms with van der Waals surface area (Å²) in [5, 5.41) is 4.07. The number of ether oxygens (including phenoxy) is 1. The molecule has 0 aliphatic carbocycles. The second kappa shape index (κ2) is 6.18. The summed E-state index contributed by atoms with van der Waals surface area (Å²) in [5.74, 6) is 0.324. The summed E-state index contributed by atoms with van der Waals surface area (Å²) in [6, 6.07) is 8.68. The number of amides is 1. The van der Waals surface area contributed by atoms with E-state index in [1.165, 1.54) is 18.3 Å². The Kier molecular flexibility index (Phi) is 4.08. The van der Waals surface area contributed by atoms with Gasteiger partial charge in [-0.2, -0.15) is 0 Å². The van der Waals surface area contributed by atoms with E-state index in [1.54, 1.807) is 49.8 Å². The van der Waals surface area contributed by atoms with Gasteiger partial charge < -0.3 is 10.1 Å². The lowest BCUT2D eigenvalue weighted by atomic mass is 10.0. The summed E-state index contributed by atoms with van der Waals surface area (Å²) in [6.45, 7) is 1.42. The van der Waals surface area contributed by atoms with Crippen molar-refractivity contribution in [3.05, 3.63) is 53.9 Å². The van der Waals surface area contributed by atoms with Crippen LogP contribution in [0.3, 0.4) is 0 Å². The van der Waals surface area contributed by atoms with Gasteiger partial charge in [-0.3, -0.25) is 14.6 Å². The molecule has 1 amide bonds. The molecule has 1 aromatic carbocycles. The molecule has 3 aromatic rings. The topological polar surface area (TPSA) is 68.3 Å². The van der Waals surface area contributed by atoms with Crippen LogP contribution in [0.15, 0.2) is 42.7 Å². The number of nitrogens with zero attached hydrogens (tertiary/aromatic N) is 1. The molecule has 0 spiro atoms. The summed E-state index contributed by atoms with van der Waals surface area (Å²) in [6.07, 6.45) is 3.33. The summed E-state index contributed by atoms with van der Waals surface area (Å²) < 4.78 is 5.97. The molecule has 3 rings (SSSR count). The van der Waals surface area contributed by atoms with Gasteiger partial charge in [-0.1, -0.05) is 0 Å². The van der Waals surface area contributed by atoms with Crippen molar-refractivity contribution in [3.8, 4) is 5.75 Å². The van der Waals surface area contributed by atoms with Gasteiger partial charge in [-0.05, 0) is 30.3 Å². The number of rotatable bonds is 4. The Morgan fingerprint density at radius 2 is 1.91 bits per heavy atom. The molecule has 1 N–H and O–H groups in total. The van der Waals surface area contributed by atoms with Gasteiger partial charge in [0.15, 0.2) is 5.78 Å². The largest absolute Gasteiger partial charge is 0.497 e. The van der Waals surface area contributed by atoms with Crippen molar-refractivity contribution in [3.63, 3.8) is 0 Å². The van der Waals surface area contributed by atoms with E-state index in [4.69, 9.17) is 4.74 Å². The third-order valence-corrected chi connectivity index (χ3v) is 4.42. The number of hydrogen-bond acceptors (Lipinski definition) is 5. The molecular weight excluding hydrogens is 312 g/mol. The summed E-state index contributed by atoms with van der Waals surface area (Å²) in [5.41, 5.74) is 1.03. The quantitative estimate of drug-likeness (QED) is 0.745. The highest BCUT2D eigenvalue weighted by molar-refractivity contribution is 7.23. The van der Waals surface area contributed by atoms with E-state index in [0.29, 0.717) is 21.9 Å². The average molecular weight is 326 g/mol. The fraction of sp³-hybridized carbons (Fsp3) is 0.118. The third-order valence-electron chi connectivity index (χ3n) is 3.36. The van der Waals surface area contributed by atoms with Crippen molar-refractivity contribution in [1.29, 1.82) is 0 Å². The maximum atomic E-state index is 12.9. The van der Waals surface area contributed by atoms with Crippen LogP contribution in [0.2, 0.25) is 0 Å². The molecule has 0 saturated carbocycles. The van der Waals surface area contributed by atoms with E-state index in [9.17, 15) is 9.59 Å². The monoisotopic (exact) mass is 326 g/mol. The molecule has 6 heteroatoms. The first-order valence-electron chi connectivity index (χ1n) is 6.93. The molecule has 0 aliphatic heterocycles. The SMILES string of the molecule is COc1ccc(C(=O)c2c(NC(C)=O)sc3cnccc23)cc1. The molecule has 0 aliphatic rings. The number of pyridine rings is 1. The van der Waals surface area contributed by atoms with Crippen LogP contribution in [0.5, 0.6) is 5.75 Å². The van der Waals surface area contributed by atoms with Crippen LogP contribution in [-0.2, 0) is 4.79 Å². The van der Waals surface area contributed by atoms with Crippen LogP contribution < -0.4 is 10.1 Å². The molecule has 0 atom stereocenters. The minimum Gasteiger partial charge on any atom is -0.497 e. The molecule has 5 nitrogen and oxygen atoms in total. The highest BCUT2D eigenvalue weighted by Crippen LogP contribution is 2.36. The van der Waals surface area contributed by atoms with Crippen molar-refractivity contribution in [1.82, 2.24) is 4.98 Å². The molecule has 0 radical (unpaired) electrons. The van der Waals surface area contributed by atoms with E-state index in [-0.39, 0.29) is 11.7 Å². The third kappa shape index (κ3) is 2.93. The summed E-state index contributed by atoms with van der Waals surface area (Å²) in [4.78, 5) is 28.4. The average Bonchev–Trinajstić information content (AvgIpc) is 2.91. The van der Waals surface area contributed by atoms with Crippen LogP contribution >= 0.6 is 11.3 Å². The van der Waals surface area contributed by atoms with Crippen molar-refractivity contribution in [2.24, 2.45) is 0 Å². The van der Waals surface area contributed by atoms with Crippen LogP contribution in [0.1, 0.15) is 22.8 Å². The number of ketones is 1. The number of anilines is 1. The highest BCUT2D eigenvalue weighted by Gasteiger charge is 2.21. The minimum atomic E-state index is -0.215. The zero-order chi connectivity index (χ0) is 16.4. The summed E-state index contributed by atoms with van der Waals surface area (Å²) >= 11 is 1.34. The molecule has 0 fully saturated rings. The molecule has 116 valence electrons. The lowest BCUT2D eigenvalue weighted by Crippen LogP contribution is -2.09. The molecule has 2 heterocycles. The Balaban J connectivity index is 2.12. The fourth-order valence-electron chi connectivity index (χ4n) is 2.31. The van der Waals surface area contributed by atoms with Gasteiger partial charge in [0, 0.05) is 30.3 Å². The van der Waals surface area contributed by atoms with E-state index in [1.807, 2.05) is 0 Å². The minimum absolute atomic E-state index is 0.145. The Hall–Kier alpha value is -2.73. The van der Waals surface area contributed by atoms with Gasteiger partial charge in [-0.25, -0.2) is 0 Å². The zero-order valence-corrected chi connectivity index (χ0v) is 13.4. The molecular formula is C17H14N2O3S. The normalized spacial score (nSPS) is 10.5. The van der Waals surface area contributed by atoms with E-state index in [2.05, 4.69) is 10.3 Å². The van der Waals surface area contributed by atoms with Gasteiger partial charge in [0.05, 0.1) is 17.4 Å². The fourth-order valence-corrected chi connectivity index (χ4v) is 3.42. The van der Waals surface area contributed by atoms with E-state index >= 15 is 0 Å². The lowest BCUT2D eigenvalue weighted by molar-refractivity contribution is -0.114. The molecule has 0 saturated heterocycles. The lowest BCUT2D eigenvalue weighted by Gasteiger charge is -2.06. The Bertz CT molecular complexity index is 884. The Morgan fingerprint density at radius 3 is 2.57 bits per heavy atom. The smallest absolute Gasteiger partial charge is 0.221 e. The maximum Gasteiger partial charge on any atom is 0.221 e. The highest BCUT2D eigenvalue weighted by atomic mass is 32.1. The van der Waals surface area contributed by atoms with Crippen molar-refractivity contribution in [2.45, 2.75) is 6.92 Å². The van der Waals surface area contributed by atoms with Crippen molar-refractivity contribution >= 4 is 38.1 Å². The number of fused-ring (bicyclic) bond motifs is 1. The summed E-state index contributed by atoms with van der Waals surface area (Å²) in [7, 11) is 1.57. The van der Waals surface area contributed by atoms with Crippen molar-refractivity contribution in [2.75, 3.05) is 12.4 Å². The number of carbonyl (C=O) groups excluding carboxylic acids is 2. The van der Waals surface area contributed by atoms with E-state index in [0.717, 1.165) is 10.1 Å². The van der Waals surface area contributed by atoms with Crippen molar-refractivity contribution < 1.29 is 14.3 Å². The molecule has 0 bridgehead atoms. The molecule has 2 aromatic heterocycles. The van der Waals surface area contributed by atoms with Crippen LogP contribution in [-0.4, -0.2) is 23.8 Å². The number of aromatic nitrogens is 1. The Morgan fingerprint density at radius 1 is 1.17 bits per heavy atom. The second-order valence-corrected chi connectivity index (χ2v) is 5.97. The number of methoxy groups -OCH3 is 1. The number of nitrogens with one attached hydrogen (secondary N) is 1. The van der Waals surface area contributed by atoms with E-state index < -0.39 is 0 Å². The number of thiophene rings is 1. The van der Waals surface area contributed by atoms with Gasteiger partial charge in [0.25, 0.3) is 0 Å².